The van der Waals surface area contributed by atoms with Gasteiger partial charge >= 0.3 is 0 Å². The number of nitrogens with zero attached hydrogens (tertiary/aromatic N) is 3. The van der Waals surface area contributed by atoms with Gasteiger partial charge in [-0.25, -0.2) is 0 Å². The third-order valence-corrected chi connectivity index (χ3v) is 1.65. The summed E-state index contributed by atoms with van der Waals surface area (Å²) in [5, 5.41) is 47.0. The molecule has 86 valence electrons. The Bertz CT molecular complexity index is 266. The Kier molecular flexibility index (Phi) is 5.79. The first kappa shape index (κ1) is 13.8. The predicted molar refractivity (Wildman–Crippen MR) is 45.3 cm³/mol. The van der Waals surface area contributed by atoms with Crippen molar-refractivity contribution in [1.82, 2.24) is 0 Å². The summed E-state index contributed by atoms with van der Waals surface area (Å²) in [7, 11) is 0. The maximum absolute atomic E-state index is 10.7. The number of amides is 1. The van der Waals surface area contributed by atoms with Crippen LogP contribution in [0.5, 0.6) is 0 Å². The van der Waals surface area contributed by atoms with E-state index >= 15 is 0 Å². The number of carbonyl (C=O) groups is 1. The molecule has 0 aromatic rings. The standard InChI is InChI=1S/C6H11N3O6/c7-9-8-6(15)5(14)4(13)3(12)2(11)1-10/h2-5,10-14H,1H2/t2-,3-,4+,5-/m1/s1. The lowest BCUT2D eigenvalue weighted by Gasteiger charge is -2.23. The topological polar surface area (TPSA) is 167 Å². The van der Waals surface area contributed by atoms with Crippen LogP contribution in [-0.4, -0.2) is 62.5 Å². The molecule has 5 N–H and O–H groups in total. The first-order valence-electron chi connectivity index (χ1n) is 3.87. The number of rotatable bonds is 5. The summed E-state index contributed by atoms with van der Waals surface area (Å²) in [5.74, 6) is -1.39. The van der Waals surface area contributed by atoms with Crippen LogP contribution in [-0.2, 0) is 4.79 Å². The van der Waals surface area contributed by atoms with Gasteiger partial charge in [-0.1, -0.05) is 0 Å². The minimum atomic E-state index is -2.16. The Hall–Kier alpha value is -1.22. The van der Waals surface area contributed by atoms with Crippen molar-refractivity contribution in [3.8, 4) is 0 Å². The maximum atomic E-state index is 10.7. The molecule has 0 rings (SSSR count). The zero-order valence-corrected chi connectivity index (χ0v) is 7.50. The average Bonchev–Trinajstić information content (AvgIpc) is 2.25. The number of hydrogen-bond acceptors (Lipinski definition) is 6. The largest absolute Gasteiger partial charge is 0.394 e. The summed E-state index contributed by atoms with van der Waals surface area (Å²) in [4.78, 5) is 12.8. The molecule has 4 atom stereocenters. The summed E-state index contributed by atoms with van der Waals surface area (Å²) in [6.07, 6.45) is -7.85. The smallest absolute Gasteiger partial charge is 0.250 e. The van der Waals surface area contributed by atoms with Gasteiger partial charge in [0.25, 0.3) is 0 Å². The molecule has 0 saturated carbocycles. The third-order valence-electron chi connectivity index (χ3n) is 1.65. The molecular weight excluding hydrogens is 210 g/mol. The van der Waals surface area contributed by atoms with Gasteiger partial charge in [0.1, 0.15) is 24.4 Å². The molecule has 0 saturated heterocycles. The number of aliphatic hydroxyl groups excluding tert-OH is 5. The van der Waals surface area contributed by atoms with Crippen LogP contribution >= 0.6 is 0 Å². The second-order valence-corrected chi connectivity index (χ2v) is 2.70. The van der Waals surface area contributed by atoms with E-state index in [1.165, 1.54) is 0 Å². The van der Waals surface area contributed by atoms with Crippen LogP contribution in [0.4, 0.5) is 0 Å². The van der Waals surface area contributed by atoms with E-state index in [1.54, 1.807) is 0 Å². The Labute approximate surface area is 83.8 Å². The lowest BCUT2D eigenvalue weighted by molar-refractivity contribution is -0.145. The fourth-order valence-electron chi connectivity index (χ4n) is 0.772. The molecule has 0 aliphatic carbocycles. The molecule has 1 amide bonds. The highest BCUT2D eigenvalue weighted by Crippen LogP contribution is 2.06. The number of azide groups is 1. The monoisotopic (exact) mass is 221 g/mol. The first-order chi connectivity index (χ1) is 6.95. The van der Waals surface area contributed by atoms with Gasteiger partial charge in [-0.15, -0.1) is 0 Å². The highest BCUT2D eigenvalue weighted by atomic mass is 16.4. The number of aliphatic hydroxyl groups is 5. The summed E-state index contributed by atoms with van der Waals surface area (Å²) >= 11 is 0. The highest BCUT2D eigenvalue weighted by molar-refractivity contribution is 5.81. The molecule has 0 spiro atoms. The lowest BCUT2D eigenvalue weighted by Crippen LogP contribution is -2.48. The predicted octanol–water partition coefficient (Wildman–Crippen LogP) is -2.74. The molecule has 0 aromatic carbocycles. The molecule has 0 radical (unpaired) electrons. The number of carbonyl (C=O) groups excluding carboxylic acids is 1. The van der Waals surface area contributed by atoms with Gasteiger partial charge in [0, 0.05) is 4.91 Å². The lowest BCUT2D eigenvalue weighted by atomic mass is 10.0. The average molecular weight is 221 g/mol. The van der Waals surface area contributed by atoms with Gasteiger partial charge in [0.2, 0.25) is 5.91 Å². The second kappa shape index (κ2) is 6.30. The molecule has 0 aromatic heterocycles. The van der Waals surface area contributed by atoms with Crippen LogP contribution < -0.4 is 0 Å². The molecule has 0 bridgehead atoms. The van der Waals surface area contributed by atoms with E-state index in [0.717, 1.165) is 0 Å². The van der Waals surface area contributed by atoms with Crippen LogP contribution in [0.1, 0.15) is 0 Å². The van der Waals surface area contributed by atoms with Crippen LogP contribution in [0.2, 0.25) is 0 Å². The highest BCUT2D eigenvalue weighted by Gasteiger charge is 2.33. The van der Waals surface area contributed by atoms with E-state index in [9.17, 15) is 4.79 Å². The van der Waals surface area contributed by atoms with E-state index in [2.05, 4.69) is 10.0 Å². The molecule has 0 aliphatic rings. The van der Waals surface area contributed by atoms with E-state index in [4.69, 9.17) is 31.1 Å². The van der Waals surface area contributed by atoms with Crippen molar-refractivity contribution in [2.75, 3.05) is 6.61 Å². The van der Waals surface area contributed by atoms with Gasteiger partial charge in [-0.2, -0.15) is 0 Å². The van der Waals surface area contributed by atoms with Crippen LogP contribution in [0.3, 0.4) is 0 Å². The van der Waals surface area contributed by atoms with Crippen molar-refractivity contribution in [3.63, 3.8) is 0 Å². The van der Waals surface area contributed by atoms with E-state index in [0.29, 0.717) is 0 Å². The van der Waals surface area contributed by atoms with Gasteiger partial charge in [-0.3, -0.25) is 4.79 Å². The molecule has 15 heavy (non-hydrogen) atoms. The Morgan fingerprint density at radius 3 is 2.20 bits per heavy atom. The fourth-order valence-corrected chi connectivity index (χ4v) is 0.772. The molecule has 0 unspecified atom stereocenters. The second-order valence-electron chi connectivity index (χ2n) is 2.70. The van der Waals surface area contributed by atoms with E-state index < -0.39 is 36.9 Å². The summed E-state index contributed by atoms with van der Waals surface area (Å²) in [6, 6.07) is 0. The van der Waals surface area contributed by atoms with Crippen LogP contribution in [0.15, 0.2) is 5.11 Å². The summed E-state index contributed by atoms with van der Waals surface area (Å²) in [5.41, 5.74) is 7.85. The van der Waals surface area contributed by atoms with E-state index in [-0.39, 0.29) is 0 Å². The van der Waals surface area contributed by atoms with Gasteiger partial charge in [0.05, 0.1) is 6.61 Å². The Balaban J connectivity index is 4.49. The van der Waals surface area contributed by atoms with Crippen molar-refractivity contribution in [2.45, 2.75) is 24.4 Å². The quantitative estimate of drug-likeness (QED) is 0.192. The molecule has 0 aliphatic heterocycles. The summed E-state index contributed by atoms with van der Waals surface area (Å²) in [6.45, 7) is -0.860. The van der Waals surface area contributed by atoms with Crippen LogP contribution in [0.25, 0.3) is 10.4 Å². The minimum absolute atomic E-state index is 0.860. The first-order valence-corrected chi connectivity index (χ1v) is 3.87. The van der Waals surface area contributed by atoms with Crippen molar-refractivity contribution in [1.29, 1.82) is 0 Å². The van der Waals surface area contributed by atoms with Crippen LogP contribution in [0, 0.1) is 0 Å². The Morgan fingerprint density at radius 1 is 1.27 bits per heavy atom. The maximum Gasteiger partial charge on any atom is 0.250 e. The normalized spacial score (nSPS) is 18.5. The van der Waals surface area contributed by atoms with Crippen molar-refractivity contribution < 1.29 is 30.3 Å². The molecule has 9 heteroatoms. The van der Waals surface area contributed by atoms with E-state index in [1.807, 2.05) is 0 Å². The Morgan fingerprint density at radius 2 is 1.80 bits per heavy atom. The minimum Gasteiger partial charge on any atom is -0.394 e. The summed E-state index contributed by atoms with van der Waals surface area (Å²) < 4.78 is 0. The SMILES string of the molecule is [N-]=[N+]=NC(=O)[C@H](O)[C@@H](O)[C@H](O)[C@H](O)CO. The number of hydrogen-bond donors (Lipinski definition) is 5. The fraction of sp³-hybridized carbons (Fsp3) is 0.833. The van der Waals surface area contributed by atoms with Gasteiger partial charge in [0.15, 0.2) is 0 Å². The molecule has 0 fully saturated rings. The van der Waals surface area contributed by atoms with Crippen molar-refractivity contribution >= 4 is 5.91 Å². The molecule has 0 heterocycles. The van der Waals surface area contributed by atoms with Crippen molar-refractivity contribution in [2.24, 2.45) is 5.11 Å². The van der Waals surface area contributed by atoms with Gasteiger partial charge in [-0.05, 0) is 10.6 Å². The van der Waals surface area contributed by atoms with Gasteiger partial charge < -0.3 is 25.5 Å². The zero-order valence-electron chi connectivity index (χ0n) is 7.50. The zero-order chi connectivity index (χ0) is 12.0. The molecule has 9 nitrogen and oxygen atoms in total. The third kappa shape index (κ3) is 3.80. The van der Waals surface area contributed by atoms with Crippen molar-refractivity contribution in [3.05, 3.63) is 10.4 Å². The molecular formula is C6H11N3O6.